The predicted octanol–water partition coefficient (Wildman–Crippen LogP) is 5.05. The Hall–Kier alpha value is -2.44. The molecule has 0 bridgehead atoms. The summed E-state index contributed by atoms with van der Waals surface area (Å²) in [6.07, 6.45) is 1.61. The Morgan fingerprint density at radius 3 is 2.53 bits per heavy atom. The van der Waals surface area contributed by atoms with E-state index in [0.29, 0.717) is 10.7 Å². The standard InChI is InChI=1S/C21H17BrN4O3S3/c1-25(2)32(28,29)17-8-5-14(6-9-17)20(27)26(23-13-16-4-3-11-30-16)21-24-18-10-7-15(22)12-19(18)31-21/h3-13H,1-2H3/b23-13+. The van der Waals surface area contributed by atoms with Crippen molar-refractivity contribution in [3.05, 3.63) is 74.9 Å². The van der Waals surface area contributed by atoms with Gasteiger partial charge in [-0.25, -0.2) is 17.7 Å². The van der Waals surface area contributed by atoms with Gasteiger partial charge in [-0.3, -0.25) is 4.79 Å². The molecule has 0 atom stereocenters. The summed E-state index contributed by atoms with van der Waals surface area (Å²) < 4.78 is 27.6. The van der Waals surface area contributed by atoms with Gasteiger partial charge >= 0.3 is 0 Å². The Balaban J connectivity index is 1.72. The number of rotatable bonds is 6. The second kappa shape index (κ2) is 9.20. The highest BCUT2D eigenvalue weighted by atomic mass is 79.9. The molecule has 0 spiro atoms. The number of carbonyl (C=O) groups is 1. The fraction of sp³-hybridized carbons (Fsp3) is 0.0952. The van der Waals surface area contributed by atoms with Crippen molar-refractivity contribution >= 4 is 76.1 Å². The van der Waals surface area contributed by atoms with Crippen LogP contribution in [0.2, 0.25) is 0 Å². The first-order valence-electron chi connectivity index (χ1n) is 9.26. The fourth-order valence-electron chi connectivity index (χ4n) is 2.75. The maximum atomic E-state index is 13.4. The van der Waals surface area contributed by atoms with E-state index >= 15 is 0 Å². The number of thiophene rings is 1. The number of carbonyl (C=O) groups excluding carboxylic acids is 1. The minimum Gasteiger partial charge on any atom is -0.267 e. The van der Waals surface area contributed by atoms with E-state index in [4.69, 9.17) is 0 Å². The third-order valence-corrected chi connectivity index (χ3v) is 8.56. The smallest absolute Gasteiger partial charge is 0.267 e. The zero-order chi connectivity index (χ0) is 22.9. The van der Waals surface area contributed by atoms with Crippen LogP contribution in [0.3, 0.4) is 0 Å². The lowest BCUT2D eigenvalue weighted by atomic mass is 10.2. The van der Waals surface area contributed by atoms with Crippen molar-refractivity contribution in [2.45, 2.75) is 4.90 Å². The van der Waals surface area contributed by atoms with Crippen molar-refractivity contribution in [1.29, 1.82) is 0 Å². The van der Waals surface area contributed by atoms with Gasteiger partial charge in [0.15, 0.2) is 0 Å². The van der Waals surface area contributed by atoms with E-state index in [1.54, 1.807) is 6.21 Å². The number of halogens is 1. The highest BCUT2D eigenvalue weighted by Gasteiger charge is 2.23. The zero-order valence-corrected chi connectivity index (χ0v) is 21.0. The van der Waals surface area contributed by atoms with Crippen LogP contribution in [0.25, 0.3) is 10.2 Å². The molecule has 0 saturated heterocycles. The average molecular weight is 549 g/mol. The van der Waals surface area contributed by atoms with E-state index in [0.717, 1.165) is 23.9 Å². The molecule has 0 saturated carbocycles. The quantitative estimate of drug-likeness (QED) is 0.249. The molecule has 0 aliphatic heterocycles. The van der Waals surface area contributed by atoms with Gasteiger partial charge in [-0.05, 0) is 53.9 Å². The number of aromatic nitrogens is 1. The predicted molar refractivity (Wildman–Crippen MR) is 133 cm³/mol. The number of nitrogens with zero attached hydrogens (tertiary/aromatic N) is 4. The first kappa shape index (κ1) is 22.7. The first-order chi connectivity index (χ1) is 15.3. The molecule has 0 fully saturated rings. The van der Waals surface area contributed by atoms with E-state index in [9.17, 15) is 13.2 Å². The van der Waals surface area contributed by atoms with Crippen LogP contribution in [0.5, 0.6) is 0 Å². The largest absolute Gasteiger partial charge is 0.280 e. The van der Waals surface area contributed by atoms with Crippen LogP contribution in [-0.4, -0.2) is 43.9 Å². The number of fused-ring (bicyclic) bond motifs is 1. The SMILES string of the molecule is CN(C)S(=O)(=O)c1ccc(C(=O)N(/N=C/c2cccs2)c2nc3ccc(Br)cc3s2)cc1. The molecule has 32 heavy (non-hydrogen) atoms. The van der Waals surface area contributed by atoms with Gasteiger partial charge in [-0.15, -0.1) is 11.3 Å². The van der Waals surface area contributed by atoms with Gasteiger partial charge in [0.1, 0.15) is 0 Å². The van der Waals surface area contributed by atoms with Crippen LogP contribution >= 0.6 is 38.6 Å². The fourth-order valence-corrected chi connectivity index (χ4v) is 5.70. The molecule has 0 unspecified atom stereocenters. The first-order valence-corrected chi connectivity index (χ1v) is 13.2. The molecule has 2 heterocycles. The maximum absolute atomic E-state index is 13.4. The van der Waals surface area contributed by atoms with Crippen LogP contribution < -0.4 is 5.01 Å². The van der Waals surface area contributed by atoms with Crippen molar-refractivity contribution in [3.8, 4) is 0 Å². The van der Waals surface area contributed by atoms with Gasteiger partial charge in [-0.1, -0.05) is 33.3 Å². The molecule has 1 amide bonds. The highest BCUT2D eigenvalue weighted by molar-refractivity contribution is 9.10. The summed E-state index contributed by atoms with van der Waals surface area (Å²) in [6, 6.07) is 15.3. The third-order valence-electron chi connectivity index (χ3n) is 4.44. The van der Waals surface area contributed by atoms with Crippen LogP contribution in [0.4, 0.5) is 5.13 Å². The minimum atomic E-state index is -3.59. The number of hydrogen-bond donors (Lipinski definition) is 0. The van der Waals surface area contributed by atoms with Gasteiger partial charge in [0.2, 0.25) is 15.2 Å². The Bertz CT molecular complexity index is 1400. The highest BCUT2D eigenvalue weighted by Crippen LogP contribution is 2.32. The zero-order valence-electron chi connectivity index (χ0n) is 17.0. The minimum absolute atomic E-state index is 0.109. The van der Waals surface area contributed by atoms with E-state index in [1.807, 2.05) is 35.7 Å². The molecule has 0 aliphatic rings. The van der Waals surface area contributed by atoms with Crippen molar-refractivity contribution in [2.75, 3.05) is 19.1 Å². The number of benzene rings is 2. The maximum Gasteiger partial charge on any atom is 0.280 e. The second-order valence-corrected chi connectivity index (χ2v) is 11.9. The van der Waals surface area contributed by atoms with Gasteiger partial charge in [0.25, 0.3) is 5.91 Å². The summed E-state index contributed by atoms with van der Waals surface area (Å²) in [5.74, 6) is -0.412. The van der Waals surface area contributed by atoms with Crippen molar-refractivity contribution in [1.82, 2.24) is 9.29 Å². The summed E-state index contributed by atoms with van der Waals surface area (Å²) in [5.41, 5.74) is 1.05. The Morgan fingerprint density at radius 1 is 1.12 bits per heavy atom. The summed E-state index contributed by atoms with van der Waals surface area (Å²) in [6.45, 7) is 0. The molecule has 4 rings (SSSR count). The third kappa shape index (κ3) is 4.66. The Morgan fingerprint density at radius 2 is 1.88 bits per heavy atom. The van der Waals surface area contributed by atoms with E-state index in [2.05, 4.69) is 26.0 Å². The number of hydrogen-bond acceptors (Lipinski definition) is 7. The average Bonchev–Trinajstić information content (AvgIpc) is 3.43. The topological polar surface area (TPSA) is 82.9 Å². The number of anilines is 1. The summed E-state index contributed by atoms with van der Waals surface area (Å²) >= 11 is 6.29. The summed E-state index contributed by atoms with van der Waals surface area (Å²) in [7, 11) is -0.669. The molecule has 164 valence electrons. The molecule has 0 aliphatic carbocycles. The monoisotopic (exact) mass is 548 g/mol. The Labute approximate surface area is 201 Å². The van der Waals surface area contributed by atoms with Crippen LogP contribution in [0, 0.1) is 0 Å². The van der Waals surface area contributed by atoms with E-state index in [1.165, 1.54) is 66.0 Å². The Kier molecular flexibility index (Phi) is 6.54. The molecular formula is C21H17BrN4O3S3. The van der Waals surface area contributed by atoms with E-state index in [-0.39, 0.29) is 4.90 Å². The molecule has 0 N–H and O–H groups in total. The van der Waals surface area contributed by atoms with Gasteiger partial charge in [0, 0.05) is 29.0 Å². The van der Waals surface area contributed by atoms with Crippen LogP contribution in [0.1, 0.15) is 15.2 Å². The molecule has 2 aromatic heterocycles. The normalized spacial score (nSPS) is 12.1. The van der Waals surface area contributed by atoms with Crippen molar-refractivity contribution < 1.29 is 13.2 Å². The molecule has 7 nitrogen and oxygen atoms in total. The second-order valence-electron chi connectivity index (χ2n) is 6.80. The number of amides is 1. The molecule has 2 aromatic carbocycles. The van der Waals surface area contributed by atoms with Gasteiger partial charge in [-0.2, -0.15) is 10.1 Å². The molecule has 11 heteroatoms. The lowest BCUT2D eigenvalue weighted by Gasteiger charge is -2.15. The lowest BCUT2D eigenvalue weighted by Crippen LogP contribution is -2.26. The number of sulfonamides is 1. The molecular weight excluding hydrogens is 532 g/mol. The van der Waals surface area contributed by atoms with Crippen molar-refractivity contribution in [2.24, 2.45) is 5.10 Å². The molecule has 0 radical (unpaired) electrons. The lowest BCUT2D eigenvalue weighted by molar-refractivity contribution is 0.0987. The van der Waals surface area contributed by atoms with E-state index < -0.39 is 15.9 Å². The van der Waals surface area contributed by atoms with Gasteiger partial charge in [0.05, 0.1) is 21.3 Å². The number of thiazole rings is 1. The summed E-state index contributed by atoms with van der Waals surface area (Å²) in [5, 5.41) is 7.99. The number of hydrazone groups is 1. The van der Waals surface area contributed by atoms with Crippen LogP contribution in [0.15, 0.2) is 74.4 Å². The van der Waals surface area contributed by atoms with Gasteiger partial charge < -0.3 is 0 Å². The van der Waals surface area contributed by atoms with Crippen molar-refractivity contribution in [3.63, 3.8) is 0 Å². The van der Waals surface area contributed by atoms with Crippen LogP contribution in [-0.2, 0) is 10.0 Å². The summed E-state index contributed by atoms with van der Waals surface area (Å²) in [4.78, 5) is 18.9. The molecule has 4 aromatic rings.